The van der Waals surface area contributed by atoms with Crippen molar-refractivity contribution in [1.82, 2.24) is 15.3 Å². The summed E-state index contributed by atoms with van der Waals surface area (Å²) in [5.41, 5.74) is -1.92. The largest absolute Gasteiger partial charge is 0.446 e. The maximum absolute atomic E-state index is 14.6. The maximum Gasteiger partial charge on any atom is 0.446 e. The van der Waals surface area contributed by atoms with Crippen molar-refractivity contribution >= 4 is 29.4 Å². The Morgan fingerprint density at radius 3 is 1.68 bits per heavy atom. The first-order valence-corrected chi connectivity index (χ1v) is 14.0. The number of nitrogens with zero attached hydrogens (tertiary/aromatic N) is 3. The van der Waals surface area contributed by atoms with Crippen LogP contribution in [0.2, 0.25) is 0 Å². The van der Waals surface area contributed by atoms with Crippen LogP contribution < -0.4 is 10.2 Å². The molecule has 0 saturated carbocycles. The van der Waals surface area contributed by atoms with Crippen molar-refractivity contribution in [2.24, 2.45) is 0 Å². The highest BCUT2D eigenvalue weighted by Crippen LogP contribution is 2.47. The Balaban J connectivity index is 1.87. The molecule has 10 heteroatoms. The SMILES string of the molecule is CC(C)c1cnccc1C(C)C1(C(C)c2ccncc2C(C)C)NC(=O)N(c2ccc(SC(F)(F)F)cc2)C1=O. The van der Waals surface area contributed by atoms with Gasteiger partial charge in [-0.25, -0.2) is 9.69 Å². The normalized spacial score (nSPS) is 19.3. The van der Waals surface area contributed by atoms with E-state index in [0.717, 1.165) is 27.2 Å². The van der Waals surface area contributed by atoms with Gasteiger partial charge in [0, 0.05) is 41.5 Å². The summed E-state index contributed by atoms with van der Waals surface area (Å²) in [6, 6.07) is 8.41. The van der Waals surface area contributed by atoms with E-state index in [9.17, 15) is 22.8 Å². The fourth-order valence-electron chi connectivity index (χ4n) is 5.64. The van der Waals surface area contributed by atoms with Crippen LogP contribution >= 0.6 is 11.8 Å². The molecule has 3 heterocycles. The second-order valence-electron chi connectivity index (χ2n) is 10.7. The van der Waals surface area contributed by atoms with Crippen LogP contribution in [-0.4, -0.2) is 33.0 Å². The van der Waals surface area contributed by atoms with E-state index in [4.69, 9.17) is 0 Å². The van der Waals surface area contributed by atoms with Gasteiger partial charge < -0.3 is 5.32 Å². The number of nitrogens with one attached hydrogen (secondary N) is 1. The molecule has 1 fully saturated rings. The Kier molecular flexibility index (Phi) is 8.31. The number of alkyl halides is 3. The molecule has 1 aliphatic rings. The topological polar surface area (TPSA) is 75.2 Å². The number of hydrogen-bond acceptors (Lipinski definition) is 5. The molecule has 212 valence electrons. The summed E-state index contributed by atoms with van der Waals surface area (Å²) in [6.45, 7) is 12.0. The first-order chi connectivity index (χ1) is 18.8. The van der Waals surface area contributed by atoms with Crippen molar-refractivity contribution in [3.63, 3.8) is 0 Å². The van der Waals surface area contributed by atoms with Gasteiger partial charge in [0.25, 0.3) is 5.91 Å². The van der Waals surface area contributed by atoms with Gasteiger partial charge in [0.2, 0.25) is 0 Å². The van der Waals surface area contributed by atoms with Gasteiger partial charge in [-0.05, 0) is 82.2 Å². The molecule has 1 saturated heterocycles. The molecule has 2 atom stereocenters. The number of amides is 3. The van der Waals surface area contributed by atoms with Gasteiger partial charge in [-0.2, -0.15) is 13.2 Å². The van der Waals surface area contributed by atoms with Crippen LogP contribution in [-0.2, 0) is 4.79 Å². The molecular weight excluding hydrogens is 537 g/mol. The van der Waals surface area contributed by atoms with E-state index in [1.165, 1.54) is 24.3 Å². The van der Waals surface area contributed by atoms with Gasteiger partial charge >= 0.3 is 11.5 Å². The predicted octanol–water partition coefficient (Wildman–Crippen LogP) is 7.74. The van der Waals surface area contributed by atoms with Crippen molar-refractivity contribution < 1.29 is 22.8 Å². The second kappa shape index (κ2) is 11.2. The number of imide groups is 1. The van der Waals surface area contributed by atoms with Crippen LogP contribution in [0.4, 0.5) is 23.7 Å². The molecule has 6 nitrogen and oxygen atoms in total. The number of pyridine rings is 2. The summed E-state index contributed by atoms with van der Waals surface area (Å²) in [5, 5.41) is 3.06. The van der Waals surface area contributed by atoms with Crippen molar-refractivity contribution in [3.05, 3.63) is 83.4 Å². The summed E-state index contributed by atoms with van der Waals surface area (Å²) in [6.07, 6.45) is 6.93. The van der Waals surface area contributed by atoms with Crippen LogP contribution in [0.15, 0.2) is 66.1 Å². The molecule has 3 amide bonds. The second-order valence-corrected chi connectivity index (χ2v) is 11.9. The number of halogens is 3. The van der Waals surface area contributed by atoms with Crippen LogP contribution in [0.25, 0.3) is 0 Å². The zero-order chi connectivity index (χ0) is 29.4. The monoisotopic (exact) mass is 570 g/mol. The highest BCUT2D eigenvalue weighted by atomic mass is 32.2. The number of hydrogen-bond donors (Lipinski definition) is 1. The first kappa shape index (κ1) is 29.6. The Hall–Kier alpha value is -3.40. The van der Waals surface area contributed by atoms with E-state index >= 15 is 0 Å². The number of benzene rings is 1. The summed E-state index contributed by atoms with van der Waals surface area (Å²) in [7, 11) is 0. The predicted molar refractivity (Wildman–Crippen MR) is 151 cm³/mol. The Morgan fingerprint density at radius 1 is 0.775 bits per heavy atom. The lowest BCUT2D eigenvalue weighted by molar-refractivity contribution is -0.123. The number of thioether (sulfide) groups is 1. The summed E-state index contributed by atoms with van der Waals surface area (Å²) in [5.74, 6) is -1.18. The third-order valence-electron chi connectivity index (χ3n) is 7.72. The zero-order valence-electron chi connectivity index (χ0n) is 23.3. The fraction of sp³-hybridized carbons (Fsp3) is 0.400. The molecule has 0 bridgehead atoms. The number of anilines is 1. The quantitative estimate of drug-likeness (QED) is 0.222. The number of carbonyl (C=O) groups is 2. The van der Waals surface area contributed by atoms with E-state index in [0.29, 0.717) is 0 Å². The molecular formula is C30H33F3N4O2S. The minimum absolute atomic E-state index is 0.0342. The molecule has 2 unspecified atom stereocenters. The molecule has 40 heavy (non-hydrogen) atoms. The van der Waals surface area contributed by atoms with E-state index in [1.807, 2.05) is 53.7 Å². The minimum atomic E-state index is -4.44. The first-order valence-electron chi connectivity index (χ1n) is 13.2. The molecule has 0 radical (unpaired) electrons. The molecule has 1 aromatic carbocycles. The molecule has 3 aromatic rings. The third-order valence-corrected chi connectivity index (χ3v) is 8.46. The number of urea groups is 1. The lowest BCUT2D eigenvalue weighted by Crippen LogP contribution is -2.55. The summed E-state index contributed by atoms with van der Waals surface area (Å²) in [4.78, 5) is 37.8. The molecule has 1 N–H and O–H groups in total. The van der Waals surface area contributed by atoms with Crippen LogP contribution in [0.3, 0.4) is 0 Å². The number of carbonyl (C=O) groups excluding carboxylic acids is 2. The average molecular weight is 571 g/mol. The molecule has 2 aromatic heterocycles. The Labute approximate surface area is 236 Å². The van der Waals surface area contributed by atoms with Crippen LogP contribution in [0, 0.1) is 0 Å². The standard InChI is InChI=1S/C30H33F3N4O2S/c1-17(2)25-15-34-13-11-23(25)19(5)29(20(6)24-12-14-35-16-26(24)18(3)4)27(38)37(28(39)36-29)21-7-9-22(10-8-21)40-30(31,32)33/h7-20H,1-6H3,(H,36,39). The molecule has 0 aliphatic carbocycles. The number of rotatable bonds is 8. The lowest BCUT2D eigenvalue weighted by Gasteiger charge is -2.40. The van der Waals surface area contributed by atoms with E-state index in [-0.39, 0.29) is 34.2 Å². The molecule has 0 spiro atoms. The Morgan fingerprint density at radius 2 is 1.25 bits per heavy atom. The highest BCUT2D eigenvalue weighted by Gasteiger charge is 2.59. The van der Waals surface area contributed by atoms with Gasteiger partial charge in [0.05, 0.1) is 5.69 Å². The van der Waals surface area contributed by atoms with Crippen molar-refractivity contribution in [1.29, 1.82) is 0 Å². The Bertz CT molecular complexity index is 1330. The van der Waals surface area contributed by atoms with Gasteiger partial charge in [-0.15, -0.1) is 0 Å². The van der Waals surface area contributed by atoms with Gasteiger partial charge in [-0.1, -0.05) is 41.5 Å². The van der Waals surface area contributed by atoms with E-state index in [1.54, 1.807) is 24.8 Å². The smallest absolute Gasteiger partial charge is 0.322 e. The highest BCUT2D eigenvalue weighted by molar-refractivity contribution is 8.00. The summed E-state index contributed by atoms with van der Waals surface area (Å²) >= 11 is -0.250. The van der Waals surface area contributed by atoms with Gasteiger partial charge in [0.1, 0.15) is 5.54 Å². The zero-order valence-corrected chi connectivity index (χ0v) is 24.1. The van der Waals surface area contributed by atoms with Crippen molar-refractivity contribution in [3.8, 4) is 0 Å². The van der Waals surface area contributed by atoms with Gasteiger partial charge in [-0.3, -0.25) is 14.8 Å². The lowest BCUT2D eigenvalue weighted by atomic mass is 9.67. The fourth-order valence-corrected chi connectivity index (χ4v) is 6.18. The van der Waals surface area contributed by atoms with Crippen molar-refractivity contribution in [2.45, 2.75) is 81.2 Å². The maximum atomic E-state index is 14.6. The van der Waals surface area contributed by atoms with Crippen LogP contribution in [0.5, 0.6) is 0 Å². The molecule has 1 aliphatic heterocycles. The van der Waals surface area contributed by atoms with E-state index < -0.39 is 34.8 Å². The summed E-state index contributed by atoms with van der Waals surface area (Å²) < 4.78 is 38.6. The van der Waals surface area contributed by atoms with Crippen LogP contribution in [0.1, 0.15) is 87.5 Å². The minimum Gasteiger partial charge on any atom is -0.322 e. The van der Waals surface area contributed by atoms with E-state index in [2.05, 4.69) is 15.3 Å². The average Bonchev–Trinajstić information content (AvgIpc) is 3.17. The third kappa shape index (κ3) is 5.46. The number of aromatic nitrogens is 2. The van der Waals surface area contributed by atoms with Gasteiger partial charge in [0.15, 0.2) is 0 Å². The van der Waals surface area contributed by atoms with Crippen molar-refractivity contribution in [2.75, 3.05) is 4.90 Å². The molecule has 4 rings (SSSR count).